The molecule has 0 unspecified atom stereocenters. The quantitative estimate of drug-likeness (QED) is 0.817. The number of hydrogen-bond acceptors (Lipinski definition) is 1. The average molecular weight is 264 g/mol. The molecule has 102 valence electrons. The molecule has 0 saturated heterocycles. The minimum Gasteiger partial charge on any atom is -0.379 e. The second-order valence-corrected chi connectivity index (χ2v) is 5.80. The van der Waals surface area contributed by atoms with E-state index in [0.29, 0.717) is 0 Å². The van der Waals surface area contributed by atoms with Crippen molar-refractivity contribution in [2.45, 2.75) is 25.4 Å². The minimum absolute atomic E-state index is 0.226. The maximum absolute atomic E-state index is 11.7. The normalized spacial score (nSPS) is 16.7. The highest BCUT2D eigenvalue weighted by Gasteiger charge is 2.60. The Bertz CT molecular complexity index is 569. The summed E-state index contributed by atoms with van der Waals surface area (Å²) in [6.07, 6.45) is 1.98. The lowest BCUT2D eigenvalue weighted by Crippen LogP contribution is -2.38. The van der Waals surface area contributed by atoms with Gasteiger partial charge >= 0.3 is 0 Å². The van der Waals surface area contributed by atoms with Gasteiger partial charge in [0.1, 0.15) is 5.60 Å². The van der Waals surface area contributed by atoms with Gasteiger partial charge in [-0.1, -0.05) is 72.8 Å². The molecule has 1 nitrogen and oxygen atoms in total. The van der Waals surface area contributed by atoms with Crippen LogP contribution in [0, 0.1) is 5.41 Å². The van der Waals surface area contributed by atoms with Gasteiger partial charge in [-0.15, -0.1) is 0 Å². The van der Waals surface area contributed by atoms with Gasteiger partial charge in [-0.05, 0) is 30.9 Å². The molecule has 0 spiro atoms. The van der Waals surface area contributed by atoms with Crippen molar-refractivity contribution in [1.29, 1.82) is 0 Å². The third kappa shape index (κ3) is 1.74. The zero-order valence-electron chi connectivity index (χ0n) is 11.8. The fourth-order valence-electron chi connectivity index (χ4n) is 3.30. The molecular weight excluding hydrogens is 244 g/mol. The van der Waals surface area contributed by atoms with Crippen molar-refractivity contribution in [2.75, 3.05) is 0 Å². The second-order valence-electron chi connectivity index (χ2n) is 5.80. The first-order valence-electron chi connectivity index (χ1n) is 7.11. The number of benzene rings is 2. The van der Waals surface area contributed by atoms with E-state index in [-0.39, 0.29) is 5.41 Å². The Morgan fingerprint density at radius 3 is 1.65 bits per heavy atom. The maximum atomic E-state index is 11.7. The van der Waals surface area contributed by atoms with Crippen LogP contribution in [0.5, 0.6) is 0 Å². The summed E-state index contributed by atoms with van der Waals surface area (Å²) in [6, 6.07) is 19.9. The Hall–Kier alpha value is -1.86. The van der Waals surface area contributed by atoms with E-state index in [2.05, 4.69) is 6.58 Å². The summed E-state index contributed by atoms with van der Waals surface area (Å²) in [7, 11) is 0. The largest absolute Gasteiger partial charge is 0.379 e. The van der Waals surface area contributed by atoms with Gasteiger partial charge in [-0.25, -0.2) is 0 Å². The van der Waals surface area contributed by atoms with Crippen LogP contribution in [0.15, 0.2) is 72.8 Å². The zero-order valence-corrected chi connectivity index (χ0v) is 11.8. The van der Waals surface area contributed by atoms with Crippen molar-refractivity contribution in [3.05, 3.63) is 83.9 Å². The first-order valence-corrected chi connectivity index (χ1v) is 7.11. The van der Waals surface area contributed by atoms with Gasteiger partial charge in [-0.3, -0.25) is 0 Å². The summed E-state index contributed by atoms with van der Waals surface area (Å²) in [5.74, 6) is 0. The fourth-order valence-corrected chi connectivity index (χ4v) is 3.30. The lowest BCUT2D eigenvalue weighted by molar-refractivity contribution is 0.0184. The molecule has 0 radical (unpaired) electrons. The van der Waals surface area contributed by atoms with Gasteiger partial charge in [-0.2, -0.15) is 0 Å². The van der Waals surface area contributed by atoms with E-state index >= 15 is 0 Å². The summed E-state index contributed by atoms with van der Waals surface area (Å²) < 4.78 is 0. The molecule has 1 aliphatic rings. The van der Waals surface area contributed by atoms with Crippen LogP contribution < -0.4 is 0 Å². The highest BCUT2D eigenvalue weighted by Crippen LogP contribution is 2.64. The van der Waals surface area contributed by atoms with Crippen LogP contribution in [0.2, 0.25) is 0 Å². The molecule has 3 rings (SSSR count). The fraction of sp³-hybridized carbons (Fsp3) is 0.263. The van der Waals surface area contributed by atoms with Gasteiger partial charge in [0.2, 0.25) is 0 Å². The molecule has 2 aromatic rings. The van der Waals surface area contributed by atoms with Gasteiger partial charge < -0.3 is 5.11 Å². The summed E-state index contributed by atoms with van der Waals surface area (Å²) in [6.45, 7) is 6.18. The number of rotatable bonds is 4. The van der Waals surface area contributed by atoms with Crippen molar-refractivity contribution in [3.63, 3.8) is 0 Å². The van der Waals surface area contributed by atoms with Crippen LogP contribution in [0.1, 0.15) is 30.9 Å². The SMILES string of the molecule is C=C(C)C1(C(O)(c2ccccc2)c2ccccc2)CC1. The second kappa shape index (κ2) is 4.60. The molecule has 1 N–H and O–H groups in total. The van der Waals surface area contributed by atoms with E-state index in [1.54, 1.807) is 0 Å². The molecule has 2 aromatic carbocycles. The molecule has 0 aliphatic heterocycles. The zero-order chi connectivity index (χ0) is 14.2. The van der Waals surface area contributed by atoms with Crippen molar-refractivity contribution < 1.29 is 5.11 Å². The van der Waals surface area contributed by atoms with Crippen LogP contribution in [0.25, 0.3) is 0 Å². The minimum atomic E-state index is -0.985. The predicted molar refractivity (Wildman–Crippen MR) is 82.4 cm³/mol. The first kappa shape index (κ1) is 13.1. The lowest BCUT2D eigenvalue weighted by atomic mass is 9.70. The molecule has 0 atom stereocenters. The predicted octanol–water partition coefficient (Wildman–Crippen LogP) is 4.28. The van der Waals surface area contributed by atoms with Gasteiger partial charge in [0, 0.05) is 5.41 Å². The Morgan fingerprint density at radius 2 is 1.35 bits per heavy atom. The molecule has 1 saturated carbocycles. The van der Waals surface area contributed by atoms with E-state index in [1.165, 1.54) is 0 Å². The highest BCUT2D eigenvalue weighted by atomic mass is 16.3. The van der Waals surface area contributed by atoms with E-state index in [9.17, 15) is 5.11 Å². The third-order valence-corrected chi connectivity index (χ3v) is 4.64. The smallest absolute Gasteiger partial charge is 0.124 e. The molecule has 1 aliphatic carbocycles. The van der Waals surface area contributed by atoms with Crippen molar-refractivity contribution in [1.82, 2.24) is 0 Å². The standard InChI is InChI=1S/C19H20O/c1-15(2)18(13-14-18)19(20,16-9-5-3-6-10-16)17-11-7-4-8-12-17/h3-12,20H,1,13-14H2,2H3. The monoisotopic (exact) mass is 264 g/mol. The Balaban J connectivity index is 2.22. The molecule has 1 heteroatoms. The highest BCUT2D eigenvalue weighted by molar-refractivity contribution is 5.45. The summed E-state index contributed by atoms with van der Waals surface area (Å²) in [4.78, 5) is 0. The Morgan fingerprint density at radius 1 is 0.950 bits per heavy atom. The molecule has 0 bridgehead atoms. The van der Waals surface area contributed by atoms with Crippen molar-refractivity contribution in [3.8, 4) is 0 Å². The topological polar surface area (TPSA) is 20.2 Å². The summed E-state index contributed by atoms with van der Waals surface area (Å²) >= 11 is 0. The van der Waals surface area contributed by atoms with Gasteiger partial charge in [0.05, 0.1) is 0 Å². The first-order chi connectivity index (χ1) is 9.61. The van der Waals surface area contributed by atoms with Crippen LogP contribution in [0.3, 0.4) is 0 Å². The third-order valence-electron chi connectivity index (χ3n) is 4.64. The Labute approximate surface area is 120 Å². The Kier molecular flexibility index (Phi) is 3.02. The molecule has 20 heavy (non-hydrogen) atoms. The van der Waals surface area contributed by atoms with E-state index < -0.39 is 5.60 Å². The average Bonchev–Trinajstić information content (AvgIpc) is 3.30. The van der Waals surface area contributed by atoms with Crippen molar-refractivity contribution >= 4 is 0 Å². The van der Waals surface area contributed by atoms with Crippen LogP contribution in [0.4, 0.5) is 0 Å². The molecule has 0 aromatic heterocycles. The molecule has 0 amide bonds. The summed E-state index contributed by atoms with van der Waals surface area (Å²) in [5, 5.41) is 11.7. The molecular formula is C19H20O. The van der Waals surface area contributed by atoms with Gasteiger partial charge in [0.15, 0.2) is 0 Å². The number of aliphatic hydroxyl groups is 1. The van der Waals surface area contributed by atoms with E-state index in [1.807, 2.05) is 67.6 Å². The van der Waals surface area contributed by atoms with Gasteiger partial charge in [0.25, 0.3) is 0 Å². The summed E-state index contributed by atoms with van der Waals surface area (Å²) in [5.41, 5.74) is 1.75. The van der Waals surface area contributed by atoms with E-state index in [0.717, 1.165) is 29.5 Å². The van der Waals surface area contributed by atoms with Crippen LogP contribution in [-0.4, -0.2) is 5.11 Å². The lowest BCUT2D eigenvalue weighted by Gasteiger charge is -2.38. The van der Waals surface area contributed by atoms with E-state index in [4.69, 9.17) is 0 Å². The number of hydrogen-bond donors (Lipinski definition) is 1. The maximum Gasteiger partial charge on any atom is 0.124 e. The molecule has 0 heterocycles. The van der Waals surface area contributed by atoms with Crippen molar-refractivity contribution in [2.24, 2.45) is 5.41 Å². The van der Waals surface area contributed by atoms with Crippen LogP contribution >= 0.6 is 0 Å². The molecule has 1 fully saturated rings. The van der Waals surface area contributed by atoms with Crippen LogP contribution in [-0.2, 0) is 5.60 Å².